The molecule has 0 bridgehead atoms. The number of hydrogen-bond acceptors (Lipinski definition) is 4. The van der Waals surface area contributed by atoms with Gasteiger partial charge in [0, 0.05) is 13.0 Å². The van der Waals surface area contributed by atoms with Crippen LogP contribution in [-0.2, 0) is 12.8 Å². The molecule has 0 fully saturated rings. The van der Waals surface area contributed by atoms with Gasteiger partial charge in [0.25, 0.3) is 0 Å². The van der Waals surface area contributed by atoms with Crippen molar-refractivity contribution in [1.82, 2.24) is 25.5 Å². The van der Waals surface area contributed by atoms with E-state index in [0.29, 0.717) is 0 Å². The predicted octanol–water partition coefficient (Wildman–Crippen LogP) is 2.48. The molecule has 1 aromatic carbocycles. The van der Waals surface area contributed by atoms with Crippen LogP contribution in [0.4, 0.5) is 0 Å². The second-order valence-corrected chi connectivity index (χ2v) is 5.33. The summed E-state index contributed by atoms with van der Waals surface area (Å²) in [5.41, 5.74) is 2.31. The number of aromatic nitrogens is 4. The third-order valence-corrected chi connectivity index (χ3v) is 3.65. The summed E-state index contributed by atoms with van der Waals surface area (Å²) in [6.07, 6.45) is 3.66. The van der Waals surface area contributed by atoms with Gasteiger partial charge in [-0.3, -0.25) is 0 Å². The molecule has 1 aromatic heterocycles. The van der Waals surface area contributed by atoms with Crippen molar-refractivity contribution in [3.05, 3.63) is 35.7 Å². The fourth-order valence-electron chi connectivity index (χ4n) is 2.13. The molecule has 0 amide bonds. The van der Waals surface area contributed by atoms with Crippen LogP contribution in [0.3, 0.4) is 0 Å². The Hall–Kier alpha value is -1.82. The van der Waals surface area contributed by atoms with E-state index in [9.17, 15) is 0 Å². The quantitative estimate of drug-likeness (QED) is 0.796. The summed E-state index contributed by atoms with van der Waals surface area (Å²) in [4.78, 5) is 0.906. The van der Waals surface area contributed by atoms with Crippen molar-refractivity contribution in [1.29, 1.82) is 0 Å². The molecule has 0 aliphatic carbocycles. The summed E-state index contributed by atoms with van der Waals surface area (Å²) in [6.45, 7) is 5.07. The highest BCUT2D eigenvalue weighted by molar-refractivity contribution is 7.80. The summed E-state index contributed by atoms with van der Waals surface area (Å²) >= 11 is 5.23. The Kier molecular flexibility index (Phi) is 5.80. The zero-order valence-electron chi connectivity index (χ0n) is 12.5. The first-order chi connectivity index (χ1) is 10.2. The molecule has 0 saturated heterocycles. The average molecular weight is 303 g/mol. The first-order valence-corrected chi connectivity index (χ1v) is 7.78. The molecule has 0 atom stereocenters. The maximum absolute atomic E-state index is 5.23. The minimum atomic E-state index is 0.814. The number of thiocarbonyl (C=S) groups is 1. The molecule has 0 radical (unpaired) electrons. The van der Waals surface area contributed by atoms with Crippen LogP contribution in [0.5, 0.6) is 0 Å². The van der Waals surface area contributed by atoms with Crippen molar-refractivity contribution >= 4 is 17.2 Å². The molecule has 0 aliphatic heterocycles. The third-order valence-electron chi connectivity index (χ3n) is 3.30. The van der Waals surface area contributed by atoms with Crippen molar-refractivity contribution in [2.24, 2.45) is 0 Å². The van der Waals surface area contributed by atoms with Gasteiger partial charge in [-0.15, -0.1) is 5.10 Å². The maximum atomic E-state index is 5.23. The summed E-state index contributed by atoms with van der Waals surface area (Å²) in [7, 11) is 0. The van der Waals surface area contributed by atoms with Gasteiger partial charge in [0.15, 0.2) is 5.82 Å². The molecular formula is C15H21N5S. The Balaban J connectivity index is 1.99. The second-order valence-electron chi connectivity index (χ2n) is 4.83. The van der Waals surface area contributed by atoms with Gasteiger partial charge >= 0.3 is 0 Å². The zero-order chi connectivity index (χ0) is 15.1. The van der Waals surface area contributed by atoms with E-state index in [0.717, 1.165) is 48.7 Å². The van der Waals surface area contributed by atoms with Gasteiger partial charge in [0.2, 0.25) is 0 Å². The maximum Gasteiger partial charge on any atom is 0.156 e. The lowest BCUT2D eigenvalue weighted by atomic mass is 10.1. The fourth-order valence-corrected chi connectivity index (χ4v) is 2.42. The van der Waals surface area contributed by atoms with Gasteiger partial charge in [-0.25, -0.2) is 0 Å². The van der Waals surface area contributed by atoms with E-state index in [4.69, 9.17) is 12.2 Å². The molecule has 21 heavy (non-hydrogen) atoms. The number of nitrogens with one attached hydrogen (secondary N) is 1. The second kappa shape index (κ2) is 7.83. The van der Waals surface area contributed by atoms with Crippen molar-refractivity contribution < 1.29 is 0 Å². The minimum absolute atomic E-state index is 0.814. The number of aryl methyl sites for hydroxylation is 2. The molecule has 2 rings (SSSR count). The van der Waals surface area contributed by atoms with E-state index >= 15 is 0 Å². The predicted molar refractivity (Wildman–Crippen MR) is 87.7 cm³/mol. The lowest BCUT2D eigenvalue weighted by Crippen LogP contribution is -2.20. The zero-order valence-corrected chi connectivity index (χ0v) is 13.4. The van der Waals surface area contributed by atoms with Crippen LogP contribution in [0.1, 0.15) is 38.1 Å². The smallest absolute Gasteiger partial charge is 0.156 e. The Morgan fingerprint density at radius 2 is 2.00 bits per heavy atom. The van der Waals surface area contributed by atoms with E-state index in [-0.39, 0.29) is 0 Å². The van der Waals surface area contributed by atoms with Crippen LogP contribution in [0.15, 0.2) is 24.3 Å². The lowest BCUT2D eigenvalue weighted by molar-refractivity contribution is 0.730. The van der Waals surface area contributed by atoms with Crippen LogP contribution in [0.25, 0.3) is 5.69 Å². The third kappa shape index (κ3) is 4.32. The monoisotopic (exact) mass is 303 g/mol. The van der Waals surface area contributed by atoms with E-state index in [1.165, 1.54) is 5.56 Å². The molecule has 1 heterocycles. The van der Waals surface area contributed by atoms with Crippen LogP contribution in [0, 0.1) is 0 Å². The van der Waals surface area contributed by atoms with Crippen molar-refractivity contribution in [2.75, 3.05) is 6.54 Å². The molecule has 2 aromatic rings. The number of benzene rings is 1. The van der Waals surface area contributed by atoms with Crippen molar-refractivity contribution in [3.8, 4) is 5.69 Å². The van der Waals surface area contributed by atoms with Gasteiger partial charge in [-0.1, -0.05) is 31.3 Å². The SMILES string of the molecule is CCNC(=S)CCCc1nnnn1-c1ccc(CC)cc1. The molecule has 0 saturated carbocycles. The van der Waals surface area contributed by atoms with E-state index in [2.05, 4.69) is 52.0 Å². The highest BCUT2D eigenvalue weighted by Gasteiger charge is 2.08. The van der Waals surface area contributed by atoms with Crippen molar-refractivity contribution in [3.63, 3.8) is 0 Å². The topological polar surface area (TPSA) is 55.6 Å². The van der Waals surface area contributed by atoms with Crippen LogP contribution in [-0.4, -0.2) is 31.7 Å². The Morgan fingerprint density at radius 3 is 2.67 bits per heavy atom. The first kappa shape index (κ1) is 15.6. The molecule has 5 nitrogen and oxygen atoms in total. The van der Waals surface area contributed by atoms with E-state index < -0.39 is 0 Å². The molecular weight excluding hydrogens is 282 g/mol. The van der Waals surface area contributed by atoms with E-state index in [1.807, 2.05) is 6.92 Å². The van der Waals surface area contributed by atoms with E-state index in [1.54, 1.807) is 4.68 Å². The summed E-state index contributed by atoms with van der Waals surface area (Å²) in [5, 5.41) is 15.1. The highest BCUT2D eigenvalue weighted by atomic mass is 32.1. The number of tetrazole rings is 1. The normalized spacial score (nSPS) is 10.6. The Bertz CT molecular complexity index is 576. The molecule has 0 spiro atoms. The molecule has 1 N–H and O–H groups in total. The molecule has 0 unspecified atom stereocenters. The van der Waals surface area contributed by atoms with Crippen molar-refractivity contribution in [2.45, 2.75) is 39.5 Å². The largest absolute Gasteiger partial charge is 0.380 e. The number of nitrogens with zero attached hydrogens (tertiary/aromatic N) is 4. The van der Waals surface area contributed by atoms with Gasteiger partial charge < -0.3 is 5.32 Å². The summed E-state index contributed by atoms with van der Waals surface area (Å²) in [5.74, 6) is 0.874. The number of hydrogen-bond donors (Lipinski definition) is 1. The van der Waals surface area contributed by atoms with Gasteiger partial charge in [0.1, 0.15) is 0 Å². The molecule has 6 heteroatoms. The van der Waals surface area contributed by atoms with Gasteiger partial charge in [-0.05, 0) is 54.3 Å². The molecule has 0 aliphatic rings. The number of rotatable bonds is 7. The standard InChI is InChI=1S/C15H21N5S/c1-3-12-8-10-13(11-9-12)20-14(17-18-19-20)6-5-7-15(21)16-4-2/h8-11H,3-7H2,1-2H3,(H,16,21). The van der Waals surface area contributed by atoms with Crippen LogP contribution >= 0.6 is 12.2 Å². The lowest BCUT2D eigenvalue weighted by Gasteiger charge is -2.06. The summed E-state index contributed by atoms with van der Waals surface area (Å²) in [6, 6.07) is 8.34. The fraction of sp³-hybridized carbons (Fsp3) is 0.467. The highest BCUT2D eigenvalue weighted by Crippen LogP contribution is 2.12. The Labute approximate surface area is 130 Å². The Morgan fingerprint density at radius 1 is 1.24 bits per heavy atom. The van der Waals surface area contributed by atoms with Gasteiger partial charge in [-0.2, -0.15) is 4.68 Å². The van der Waals surface area contributed by atoms with Crippen LogP contribution < -0.4 is 5.32 Å². The van der Waals surface area contributed by atoms with Crippen LogP contribution in [0.2, 0.25) is 0 Å². The summed E-state index contributed by atoms with van der Waals surface area (Å²) < 4.78 is 1.80. The first-order valence-electron chi connectivity index (χ1n) is 7.37. The van der Waals surface area contributed by atoms with Gasteiger partial charge in [0.05, 0.1) is 10.7 Å². The average Bonchev–Trinajstić information content (AvgIpc) is 2.96. The minimum Gasteiger partial charge on any atom is -0.380 e. The molecule has 112 valence electrons.